The molecule has 0 radical (unpaired) electrons. The molecule has 7 nitrogen and oxygen atoms in total. The molecule has 0 unspecified atom stereocenters. The van der Waals surface area contributed by atoms with Crippen LogP contribution in [0.2, 0.25) is 0 Å². The van der Waals surface area contributed by atoms with Crippen LogP contribution in [0.4, 0.5) is 34.1 Å². The lowest BCUT2D eigenvalue weighted by Crippen LogP contribution is -2.61. The molecule has 0 aliphatic carbocycles. The van der Waals surface area contributed by atoms with Crippen LogP contribution >= 0.6 is 0 Å². The SMILES string of the molecule is Cc1cc2c3c(c1)N(c1c(C)cc(C(C)(C)C)cc1C)c1c(oc4ccc(C(C)(C)C)cc14)B3c1cc3c(cc1N2c1ccc2c(c1)OCCO2)OCCO3. The zero-order valence-electron chi connectivity index (χ0n) is 33.3. The Hall–Kier alpha value is -5.50. The smallest absolute Gasteiger partial charge is 0.297 e. The number of fused-ring (bicyclic) bond motifs is 8. The van der Waals surface area contributed by atoms with Gasteiger partial charge in [0.1, 0.15) is 32.0 Å². The van der Waals surface area contributed by atoms with Gasteiger partial charge in [-0.05, 0) is 113 Å². The number of rotatable bonds is 2. The molecule has 6 aromatic rings. The summed E-state index contributed by atoms with van der Waals surface area (Å²) in [6, 6.07) is 26.8. The summed E-state index contributed by atoms with van der Waals surface area (Å²) < 4.78 is 31.9. The average Bonchev–Trinajstić information content (AvgIpc) is 3.52. The Kier molecular flexibility index (Phi) is 7.27. The zero-order valence-corrected chi connectivity index (χ0v) is 33.3. The number of furan rings is 1. The van der Waals surface area contributed by atoms with Crippen LogP contribution in [0.5, 0.6) is 23.0 Å². The van der Waals surface area contributed by atoms with Gasteiger partial charge in [0.05, 0.1) is 22.7 Å². The Bertz CT molecular complexity index is 2570. The molecule has 55 heavy (non-hydrogen) atoms. The summed E-state index contributed by atoms with van der Waals surface area (Å²) in [5.41, 5.74) is 16.8. The van der Waals surface area contributed by atoms with Gasteiger partial charge < -0.3 is 33.2 Å². The fraction of sp³-hybridized carbons (Fsp3) is 0.319. The minimum Gasteiger partial charge on any atom is -0.486 e. The first-order valence-corrected chi connectivity index (χ1v) is 19.5. The molecule has 278 valence electrons. The first-order valence-electron chi connectivity index (χ1n) is 19.5. The molecule has 1 aromatic heterocycles. The molecular weight excluding hydrogens is 683 g/mol. The van der Waals surface area contributed by atoms with Crippen LogP contribution in [0.25, 0.3) is 11.0 Å². The lowest BCUT2D eigenvalue weighted by molar-refractivity contribution is 0.171. The maximum absolute atomic E-state index is 7.19. The molecule has 0 saturated carbocycles. The van der Waals surface area contributed by atoms with Gasteiger partial charge >= 0.3 is 0 Å². The minimum atomic E-state index is -0.212. The van der Waals surface area contributed by atoms with E-state index in [9.17, 15) is 0 Å². The van der Waals surface area contributed by atoms with E-state index in [1.807, 2.05) is 6.07 Å². The fourth-order valence-electron chi connectivity index (χ4n) is 9.04. The Balaban J connectivity index is 1.32. The molecule has 10 rings (SSSR count). The van der Waals surface area contributed by atoms with Crippen LogP contribution in [0, 0.1) is 20.8 Å². The Morgan fingerprint density at radius 2 is 1.15 bits per heavy atom. The summed E-state index contributed by atoms with van der Waals surface area (Å²) in [6.07, 6.45) is 0. The topological polar surface area (TPSA) is 56.5 Å². The van der Waals surface area contributed by atoms with Gasteiger partial charge in [-0.15, -0.1) is 0 Å². The van der Waals surface area contributed by atoms with E-state index in [4.69, 9.17) is 23.4 Å². The molecule has 4 aliphatic heterocycles. The van der Waals surface area contributed by atoms with Gasteiger partial charge in [0, 0.05) is 34.6 Å². The summed E-state index contributed by atoms with van der Waals surface area (Å²) in [5, 5.41) is 1.11. The number of hydrogen-bond donors (Lipinski definition) is 0. The Morgan fingerprint density at radius 3 is 1.80 bits per heavy atom. The third kappa shape index (κ3) is 5.17. The quantitative estimate of drug-likeness (QED) is 0.164. The van der Waals surface area contributed by atoms with Gasteiger partial charge in [-0.3, -0.25) is 0 Å². The van der Waals surface area contributed by atoms with Crippen LogP contribution in [-0.4, -0.2) is 33.1 Å². The zero-order chi connectivity index (χ0) is 38.1. The molecular formula is C47H47BN2O5. The van der Waals surface area contributed by atoms with Gasteiger partial charge in [0.15, 0.2) is 23.0 Å². The first kappa shape index (κ1) is 34.0. The standard InChI is InChI=1S/C47H47BN2O5/c1-26-18-35-42-36(19-26)50(43-27(2)20-30(21-28(43)3)47(7,8)9)44-32-22-29(46(4,5)6)10-12-37(32)55-45(44)48(42)33-24-40-41(54-17-16-53-40)25-34(33)49(35)31-11-13-38-39(23-31)52-15-14-51-38/h10-13,18-25H,14-17H2,1-9H3. The summed E-state index contributed by atoms with van der Waals surface area (Å²) in [6.45, 7) is 22.3. The van der Waals surface area contributed by atoms with Gasteiger partial charge in [0.2, 0.25) is 0 Å². The van der Waals surface area contributed by atoms with Crippen molar-refractivity contribution in [2.45, 2.75) is 73.1 Å². The fourth-order valence-corrected chi connectivity index (χ4v) is 9.04. The molecule has 0 N–H and O–H groups in total. The number of anilines is 6. The highest BCUT2D eigenvalue weighted by Gasteiger charge is 2.48. The van der Waals surface area contributed by atoms with Crippen molar-refractivity contribution >= 4 is 68.4 Å². The summed E-state index contributed by atoms with van der Waals surface area (Å²) >= 11 is 0. The van der Waals surface area contributed by atoms with Crippen molar-refractivity contribution in [3.8, 4) is 23.0 Å². The van der Waals surface area contributed by atoms with E-state index in [0.717, 1.165) is 79.1 Å². The second-order valence-corrected chi connectivity index (χ2v) is 17.7. The molecule has 0 amide bonds. The summed E-state index contributed by atoms with van der Waals surface area (Å²) in [5.74, 6) is 3.00. The number of aryl methyl sites for hydroxylation is 3. The second kappa shape index (κ2) is 11.8. The Morgan fingerprint density at radius 1 is 0.545 bits per heavy atom. The number of hydrogen-bond acceptors (Lipinski definition) is 7. The summed E-state index contributed by atoms with van der Waals surface area (Å²) in [7, 11) is 0. The predicted octanol–water partition coefficient (Wildman–Crippen LogP) is 9.58. The molecule has 5 aromatic carbocycles. The van der Waals surface area contributed by atoms with E-state index in [2.05, 4.69) is 139 Å². The van der Waals surface area contributed by atoms with Crippen LogP contribution < -0.4 is 45.3 Å². The Labute approximate surface area is 323 Å². The van der Waals surface area contributed by atoms with Crippen LogP contribution in [0.3, 0.4) is 0 Å². The molecule has 8 heteroatoms. The van der Waals surface area contributed by atoms with Gasteiger partial charge in [-0.1, -0.05) is 59.7 Å². The van der Waals surface area contributed by atoms with E-state index >= 15 is 0 Å². The highest BCUT2D eigenvalue weighted by atomic mass is 16.6. The highest BCUT2D eigenvalue weighted by molar-refractivity contribution is 7.00. The van der Waals surface area contributed by atoms with Crippen molar-refractivity contribution in [2.24, 2.45) is 0 Å². The first-order chi connectivity index (χ1) is 26.3. The van der Waals surface area contributed by atoms with Crippen molar-refractivity contribution in [1.82, 2.24) is 0 Å². The van der Waals surface area contributed by atoms with Gasteiger partial charge in [-0.2, -0.15) is 0 Å². The molecule has 5 heterocycles. The number of benzene rings is 5. The van der Waals surface area contributed by atoms with Crippen LogP contribution in [0.1, 0.15) is 69.4 Å². The van der Waals surface area contributed by atoms with E-state index in [0.29, 0.717) is 26.4 Å². The predicted molar refractivity (Wildman–Crippen MR) is 224 cm³/mol. The average molecular weight is 731 g/mol. The lowest BCUT2D eigenvalue weighted by Gasteiger charge is -2.43. The van der Waals surface area contributed by atoms with E-state index < -0.39 is 0 Å². The summed E-state index contributed by atoms with van der Waals surface area (Å²) in [4.78, 5) is 4.87. The van der Waals surface area contributed by atoms with Crippen molar-refractivity contribution in [1.29, 1.82) is 0 Å². The molecule has 0 fully saturated rings. The van der Waals surface area contributed by atoms with Crippen molar-refractivity contribution in [3.63, 3.8) is 0 Å². The van der Waals surface area contributed by atoms with Gasteiger partial charge in [-0.25, -0.2) is 0 Å². The van der Waals surface area contributed by atoms with Gasteiger partial charge in [0.25, 0.3) is 6.71 Å². The number of ether oxygens (including phenoxy) is 4. The molecule has 0 saturated heterocycles. The van der Waals surface area contributed by atoms with Crippen molar-refractivity contribution in [3.05, 3.63) is 101 Å². The van der Waals surface area contributed by atoms with Crippen molar-refractivity contribution < 1.29 is 23.4 Å². The highest BCUT2D eigenvalue weighted by Crippen LogP contribution is 2.51. The number of nitrogens with zero attached hydrogens (tertiary/aromatic N) is 2. The maximum atomic E-state index is 7.19. The van der Waals surface area contributed by atoms with E-state index in [1.165, 1.54) is 33.4 Å². The molecule has 0 spiro atoms. The maximum Gasteiger partial charge on any atom is 0.297 e. The second-order valence-electron chi connectivity index (χ2n) is 17.7. The lowest BCUT2D eigenvalue weighted by atomic mass is 9.35. The molecule has 0 bridgehead atoms. The molecule has 0 atom stereocenters. The van der Waals surface area contributed by atoms with Crippen LogP contribution in [0.15, 0.2) is 77.2 Å². The largest absolute Gasteiger partial charge is 0.486 e. The van der Waals surface area contributed by atoms with Crippen LogP contribution in [-0.2, 0) is 10.8 Å². The molecule has 4 aliphatic rings. The van der Waals surface area contributed by atoms with Crippen molar-refractivity contribution in [2.75, 3.05) is 36.2 Å². The monoisotopic (exact) mass is 730 g/mol. The van der Waals surface area contributed by atoms with E-state index in [-0.39, 0.29) is 17.5 Å². The normalized spacial score (nSPS) is 15.5. The van der Waals surface area contributed by atoms with E-state index in [1.54, 1.807) is 0 Å². The minimum absolute atomic E-state index is 0.0113. The third-order valence-corrected chi connectivity index (χ3v) is 11.7. The third-order valence-electron chi connectivity index (χ3n) is 11.7.